The molecule has 4 rings (SSSR count). The number of carbonyl (C=O) groups excluding carboxylic acids is 3. The Bertz CT molecular complexity index is 969. The van der Waals surface area contributed by atoms with Crippen LogP contribution in [0.4, 0.5) is 16.2 Å². The topological polar surface area (TPSA) is 103 Å². The fourth-order valence-electron chi connectivity index (χ4n) is 3.65. The molecule has 2 aromatic rings. The SMILES string of the molecule is C=CC(=O)NC1CCCC1NC(=O)c1sc2nccc3c2c1NC(=O)N3C. The molecule has 3 N–H and O–H groups in total. The highest BCUT2D eigenvalue weighted by molar-refractivity contribution is 7.21. The summed E-state index contributed by atoms with van der Waals surface area (Å²) >= 11 is 1.25. The molecule has 1 saturated carbocycles. The van der Waals surface area contributed by atoms with Crippen molar-refractivity contribution in [2.45, 2.75) is 31.3 Å². The molecule has 2 atom stereocenters. The Hall–Kier alpha value is -2.94. The van der Waals surface area contributed by atoms with Crippen LogP contribution >= 0.6 is 11.3 Å². The molecule has 1 fully saturated rings. The van der Waals surface area contributed by atoms with Gasteiger partial charge in [0.2, 0.25) is 5.91 Å². The van der Waals surface area contributed by atoms with Gasteiger partial charge in [-0.2, -0.15) is 0 Å². The molecule has 0 spiro atoms. The summed E-state index contributed by atoms with van der Waals surface area (Å²) in [6, 6.07) is 1.18. The van der Waals surface area contributed by atoms with E-state index < -0.39 is 0 Å². The highest BCUT2D eigenvalue weighted by Gasteiger charge is 2.33. The molecule has 0 radical (unpaired) electrons. The van der Waals surface area contributed by atoms with Crippen molar-refractivity contribution in [2.75, 3.05) is 17.3 Å². The van der Waals surface area contributed by atoms with E-state index in [-0.39, 0.29) is 29.9 Å². The second kappa shape index (κ2) is 6.66. The Morgan fingerprint density at radius 2 is 2.11 bits per heavy atom. The van der Waals surface area contributed by atoms with E-state index in [2.05, 4.69) is 27.5 Å². The minimum absolute atomic E-state index is 0.125. The van der Waals surface area contributed by atoms with Gasteiger partial charge in [0.05, 0.1) is 16.8 Å². The maximum absolute atomic E-state index is 12.9. The second-order valence-corrected chi connectivity index (χ2v) is 7.63. The summed E-state index contributed by atoms with van der Waals surface area (Å²) in [5.74, 6) is -0.518. The Morgan fingerprint density at radius 3 is 2.85 bits per heavy atom. The van der Waals surface area contributed by atoms with E-state index in [1.165, 1.54) is 22.3 Å². The monoisotopic (exact) mass is 385 g/mol. The first-order chi connectivity index (χ1) is 13.0. The molecular weight excluding hydrogens is 366 g/mol. The van der Waals surface area contributed by atoms with E-state index in [1.54, 1.807) is 19.3 Å². The molecule has 2 unspecified atom stereocenters. The molecule has 0 bridgehead atoms. The summed E-state index contributed by atoms with van der Waals surface area (Å²) in [6.45, 7) is 3.46. The zero-order valence-corrected chi connectivity index (χ0v) is 15.6. The second-order valence-electron chi connectivity index (χ2n) is 6.64. The van der Waals surface area contributed by atoms with Gasteiger partial charge < -0.3 is 16.0 Å². The van der Waals surface area contributed by atoms with Crippen LogP contribution in [0.15, 0.2) is 24.9 Å². The number of thiophene rings is 1. The molecule has 0 aromatic carbocycles. The van der Waals surface area contributed by atoms with Crippen LogP contribution in [0.2, 0.25) is 0 Å². The number of rotatable bonds is 4. The number of hydrogen-bond donors (Lipinski definition) is 3. The highest BCUT2D eigenvalue weighted by atomic mass is 32.1. The number of hydrogen-bond acceptors (Lipinski definition) is 5. The lowest BCUT2D eigenvalue weighted by molar-refractivity contribution is -0.117. The van der Waals surface area contributed by atoms with Gasteiger partial charge >= 0.3 is 6.03 Å². The van der Waals surface area contributed by atoms with E-state index in [0.717, 1.165) is 30.3 Å². The van der Waals surface area contributed by atoms with E-state index >= 15 is 0 Å². The van der Waals surface area contributed by atoms with Gasteiger partial charge in [0.25, 0.3) is 5.91 Å². The molecule has 8 nitrogen and oxygen atoms in total. The molecule has 27 heavy (non-hydrogen) atoms. The van der Waals surface area contributed by atoms with Crippen molar-refractivity contribution in [1.29, 1.82) is 0 Å². The number of aromatic nitrogens is 1. The Kier molecular flexibility index (Phi) is 4.31. The van der Waals surface area contributed by atoms with Gasteiger partial charge in [-0.05, 0) is 31.4 Å². The Labute approximate surface area is 159 Å². The lowest BCUT2D eigenvalue weighted by atomic mass is 10.1. The van der Waals surface area contributed by atoms with Crippen molar-refractivity contribution in [3.8, 4) is 0 Å². The quantitative estimate of drug-likeness (QED) is 0.702. The number of amides is 4. The zero-order valence-electron chi connectivity index (χ0n) is 14.7. The van der Waals surface area contributed by atoms with Gasteiger partial charge in [-0.25, -0.2) is 9.78 Å². The third kappa shape index (κ3) is 2.93. The molecule has 0 saturated heterocycles. The third-order valence-corrected chi connectivity index (χ3v) is 6.12. The van der Waals surface area contributed by atoms with E-state index in [0.29, 0.717) is 15.4 Å². The largest absolute Gasteiger partial charge is 0.348 e. The summed E-state index contributed by atoms with van der Waals surface area (Å²) in [7, 11) is 1.68. The predicted octanol–water partition coefficient (Wildman–Crippen LogP) is 2.23. The fourth-order valence-corrected chi connectivity index (χ4v) is 4.67. The van der Waals surface area contributed by atoms with Crippen molar-refractivity contribution in [2.24, 2.45) is 0 Å². The van der Waals surface area contributed by atoms with E-state index in [4.69, 9.17) is 0 Å². The number of carbonyl (C=O) groups is 3. The van der Waals surface area contributed by atoms with E-state index in [9.17, 15) is 14.4 Å². The van der Waals surface area contributed by atoms with Crippen molar-refractivity contribution >= 4 is 50.8 Å². The molecule has 2 aromatic heterocycles. The predicted molar refractivity (Wildman–Crippen MR) is 104 cm³/mol. The minimum Gasteiger partial charge on any atom is -0.348 e. The summed E-state index contributed by atoms with van der Waals surface area (Å²) < 4.78 is 0. The summed E-state index contributed by atoms with van der Waals surface area (Å²) in [5, 5.41) is 9.45. The van der Waals surface area contributed by atoms with Crippen molar-refractivity contribution in [3.05, 3.63) is 29.8 Å². The van der Waals surface area contributed by atoms with Crippen LogP contribution in [-0.2, 0) is 4.79 Å². The number of anilines is 2. The maximum Gasteiger partial charge on any atom is 0.326 e. The van der Waals surface area contributed by atoms with Gasteiger partial charge in [-0.1, -0.05) is 6.58 Å². The van der Waals surface area contributed by atoms with Crippen LogP contribution in [0.25, 0.3) is 10.2 Å². The smallest absolute Gasteiger partial charge is 0.326 e. The molecular formula is C18H19N5O3S. The first-order valence-electron chi connectivity index (χ1n) is 8.69. The van der Waals surface area contributed by atoms with Gasteiger partial charge in [0.15, 0.2) is 0 Å². The summed E-state index contributed by atoms with van der Waals surface area (Å²) in [4.78, 5) is 43.7. The van der Waals surface area contributed by atoms with Gasteiger partial charge in [-0.15, -0.1) is 11.3 Å². The lowest BCUT2D eigenvalue weighted by Crippen LogP contribution is -2.48. The van der Waals surface area contributed by atoms with Gasteiger partial charge in [0.1, 0.15) is 9.71 Å². The Balaban J connectivity index is 1.63. The summed E-state index contributed by atoms with van der Waals surface area (Å²) in [5.41, 5.74) is 1.23. The maximum atomic E-state index is 12.9. The van der Waals surface area contributed by atoms with Crippen LogP contribution in [-0.4, -0.2) is 42.0 Å². The average molecular weight is 385 g/mol. The number of nitrogens with one attached hydrogen (secondary N) is 3. The normalized spacial score (nSPS) is 21.1. The zero-order chi connectivity index (χ0) is 19.1. The van der Waals surface area contributed by atoms with Crippen LogP contribution in [0.5, 0.6) is 0 Å². The molecule has 1 aliphatic heterocycles. The van der Waals surface area contributed by atoms with Crippen molar-refractivity contribution in [3.63, 3.8) is 0 Å². The standard InChI is InChI=1S/C18H19N5O3S/c1-3-12(24)20-9-5-4-6-10(9)21-16(25)15-14-13-11(23(2)18(26)22-14)7-8-19-17(13)27-15/h3,7-10H,1,4-6H2,2H3,(H,20,24)(H,21,25)(H,22,26). The molecule has 3 heterocycles. The summed E-state index contributed by atoms with van der Waals surface area (Å²) in [6.07, 6.45) is 5.36. The number of pyridine rings is 1. The molecule has 9 heteroatoms. The van der Waals surface area contributed by atoms with Crippen LogP contribution in [0.1, 0.15) is 28.9 Å². The molecule has 140 valence electrons. The first kappa shape index (κ1) is 17.5. The third-order valence-electron chi connectivity index (χ3n) is 5.02. The van der Waals surface area contributed by atoms with Gasteiger partial charge in [0, 0.05) is 25.3 Å². The highest BCUT2D eigenvalue weighted by Crippen LogP contribution is 2.43. The average Bonchev–Trinajstić information content (AvgIpc) is 3.24. The molecule has 2 aliphatic rings. The molecule has 1 aliphatic carbocycles. The first-order valence-corrected chi connectivity index (χ1v) is 9.51. The van der Waals surface area contributed by atoms with Crippen molar-refractivity contribution < 1.29 is 14.4 Å². The number of urea groups is 1. The molecule has 4 amide bonds. The minimum atomic E-state index is -0.292. The van der Waals surface area contributed by atoms with Gasteiger partial charge in [-0.3, -0.25) is 14.5 Å². The Morgan fingerprint density at radius 1 is 1.37 bits per heavy atom. The lowest BCUT2D eigenvalue weighted by Gasteiger charge is -2.25. The van der Waals surface area contributed by atoms with Crippen LogP contribution in [0, 0.1) is 0 Å². The fraction of sp³-hybridized carbons (Fsp3) is 0.333. The van der Waals surface area contributed by atoms with Crippen LogP contribution < -0.4 is 20.9 Å². The van der Waals surface area contributed by atoms with Crippen molar-refractivity contribution in [1.82, 2.24) is 15.6 Å². The van der Waals surface area contributed by atoms with Crippen LogP contribution in [0.3, 0.4) is 0 Å². The number of nitrogens with zero attached hydrogens (tertiary/aromatic N) is 2. The van der Waals surface area contributed by atoms with E-state index in [1.807, 2.05) is 0 Å².